The van der Waals surface area contributed by atoms with Crippen molar-refractivity contribution in [2.75, 3.05) is 6.54 Å². The molecule has 0 aliphatic carbocycles. The molecule has 0 saturated carbocycles. The summed E-state index contributed by atoms with van der Waals surface area (Å²) < 4.78 is 33.0. The second-order valence-corrected chi connectivity index (χ2v) is 8.76. The maximum Gasteiger partial charge on any atom is 0.274 e. The van der Waals surface area contributed by atoms with Crippen LogP contribution < -0.4 is 0 Å². The SMILES string of the molecule is O=C(c1ncsc1-c1ccc(F)cc1)N1CCCC[C@H]1C(c1cccc(F)c1)c1nnco1. The molecular formula is C24H20F2N4O2S. The number of amides is 1. The van der Waals surface area contributed by atoms with Crippen LogP contribution in [0.4, 0.5) is 8.78 Å². The number of thiazole rings is 1. The number of carbonyl (C=O) groups is 1. The zero-order chi connectivity index (χ0) is 22.8. The van der Waals surface area contributed by atoms with Crippen LogP contribution >= 0.6 is 11.3 Å². The summed E-state index contributed by atoms with van der Waals surface area (Å²) >= 11 is 1.34. The van der Waals surface area contributed by atoms with Gasteiger partial charge in [-0.1, -0.05) is 24.3 Å². The molecule has 1 aliphatic heterocycles. The molecule has 4 aromatic rings. The van der Waals surface area contributed by atoms with Gasteiger partial charge in [0.05, 0.1) is 16.3 Å². The molecule has 3 heterocycles. The highest BCUT2D eigenvalue weighted by Gasteiger charge is 2.39. The van der Waals surface area contributed by atoms with Gasteiger partial charge in [0.2, 0.25) is 12.3 Å². The third-order valence-electron chi connectivity index (χ3n) is 5.92. The maximum absolute atomic E-state index is 14.1. The fourth-order valence-corrected chi connectivity index (χ4v) is 5.23. The quantitative estimate of drug-likeness (QED) is 0.399. The van der Waals surface area contributed by atoms with E-state index < -0.39 is 5.92 Å². The van der Waals surface area contributed by atoms with E-state index in [0.29, 0.717) is 35.0 Å². The van der Waals surface area contributed by atoms with E-state index in [9.17, 15) is 13.6 Å². The molecule has 2 aromatic heterocycles. The standard InChI is InChI=1S/C24H20F2N4O2S/c25-17-9-7-15(8-10-17)22-21(27-14-33-22)24(31)30-11-2-1-6-19(30)20(23-29-28-13-32-23)16-4-3-5-18(26)12-16/h3-5,7-10,12-14,19-20H,1-2,6,11H2/t19-,20?/m0/s1. The van der Waals surface area contributed by atoms with Crippen molar-refractivity contribution in [1.82, 2.24) is 20.1 Å². The van der Waals surface area contributed by atoms with E-state index in [4.69, 9.17) is 4.42 Å². The summed E-state index contributed by atoms with van der Waals surface area (Å²) in [5, 5.41) is 7.91. The zero-order valence-corrected chi connectivity index (χ0v) is 18.3. The van der Waals surface area contributed by atoms with E-state index in [-0.39, 0.29) is 23.6 Å². The van der Waals surface area contributed by atoms with Crippen LogP contribution in [-0.2, 0) is 0 Å². The Morgan fingerprint density at radius 3 is 2.73 bits per heavy atom. The zero-order valence-electron chi connectivity index (χ0n) is 17.5. The monoisotopic (exact) mass is 466 g/mol. The number of carbonyl (C=O) groups excluding carboxylic acids is 1. The Balaban J connectivity index is 1.53. The topological polar surface area (TPSA) is 72.1 Å². The summed E-state index contributed by atoms with van der Waals surface area (Å²) in [6, 6.07) is 12.0. The molecule has 2 atom stereocenters. The van der Waals surface area contributed by atoms with Gasteiger partial charge in [-0.05, 0) is 54.7 Å². The van der Waals surface area contributed by atoms with Crippen LogP contribution in [0.25, 0.3) is 10.4 Å². The van der Waals surface area contributed by atoms with Crippen LogP contribution in [0.3, 0.4) is 0 Å². The summed E-state index contributed by atoms with van der Waals surface area (Å²) in [4.78, 5) is 20.6. The number of benzene rings is 2. The van der Waals surface area contributed by atoms with Gasteiger partial charge in [-0.25, -0.2) is 13.8 Å². The van der Waals surface area contributed by atoms with E-state index in [1.54, 1.807) is 28.6 Å². The molecule has 2 aromatic carbocycles. The Morgan fingerprint density at radius 2 is 1.97 bits per heavy atom. The molecule has 1 unspecified atom stereocenters. The Labute approximate surface area is 192 Å². The van der Waals surface area contributed by atoms with E-state index in [1.807, 2.05) is 6.07 Å². The molecule has 6 nitrogen and oxygen atoms in total. The summed E-state index contributed by atoms with van der Waals surface area (Å²) in [6.45, 7) is 0.532. The third kappa shape index (κ3) is 4.28. The van der Waals surface area contributed by atoms with Crippen molar-refractivity contribution in [2.45, 2.75) is 31.2 Å². The van der Waals surface area contributed by atoms with Crippen LogP contribution in [0.1, 0.15) is 47.1 Å². The van der Waals surface area contributed by atoms with Crippen LogP contribution in [0.15, 0.2) is 64.9 Å². The molecular weight excluding hydrogens is 446 g/mol. The normalized spacial score (nSPS) is 17.2. The van der Waals surface area contributed by atoms with Gasteiger partial charge in [0, 0.05) is 12.6 Å². The molecule has 1 fully saturated rings. The molecule has 1 aliphatic rings. The molecule has 0 radical (unpaired) electrons. The van der Waals surface area contributed by atoms with Crippen LogP contribution in [0.2, 0.25) is 0 Å². The van der Waals surface area contributed by atoms with Crippen LogP contribution in [0, 0.1) is 11.6 Å². The van der Waals surface area contributed by atoms with Gasteiger partial charge in [0.15, 0.2) is 0 Å². The Morgan fingerprint density at radius 1 is 1.12 bits per heavy atom. The summed E-state index contributed by atoms with van der Waals surface area (Å²) in [6.07, 6.45) is 3.70. The predicted molar refractivity (Wildman–Crippen MR) is 119 cm³/mol. The third-order valence-corrected chi connectivity index (χ3v) is 6.80. The molecule has 168 valence electrons. The molecule has 0 spiro atoms. The maximum atomic E-state index is 14.1. The first kappa shape index (κ1) is 21.4. The van der Waals surface area contributed by atoms with Crippen LogP contribution in [-0.4, -0.2) is 38.6 Å². The van der Waals surface area contributed by atoms with E-state index in [2.05, 4.69) is 15.2 Å². The molecule has 5 rings (SSSR count). The molecule has 0 N–H and O–H groups in total. The number of halogens is 2. The number of hydrogen-bond acceptors (Lipinski definition) is 6. The summed E-state index contributed by atoms with van der Waals surface area (Å²) in [5.41, 5.74) is 3.34. The average molecular weight is 467 g/mol. The largest absolute Gasteiger partial charge is 0.427 e. The number of rotatable bonds is 5. The summed E-state index contributed by atoms with van der Waals surface area (Å²) in [5.74, 6) is -1.07. The Kier molecular flexibility index (Phi) is 5.95. The average Bonchev–Trinajstić information content (AvgIpc) is 3.53. The van der Waals surface area contributed by atoms with Crippen molar-refractivity contribution < 1.29 is 18.0 Å². The van der Waals surface area contributed by atoms with Gasteiger partial charge in [0.25, 0.3) is 5.91 Å². The van der Waals surface area contributed by atoms with Crippen molar-refractivity contribution in [3.05, 3.63) is 89.2 Å². The van der Waals surface area contributed by atoms with E-state index in [0.717, 1.165) is 18.4 Å². The summed E-state index contributed by atoms with van der Waals surface area (Å²) in [7, 11) is 0. The lowest BCUT2D eigenvalue weighted by Gasteiger charge is -2.39. The minimum atomic E-state index is -0.472. The second-order valence-electron chi connectivity index (χ2n) is 7.91. The lowest BCUT2D eigenvalue weighted by atomic mass is 9.84. The Hall–Kier alpha value is -3.46. The predicted octanol–water partition coefficient (Wildman–Crippen LogP) is 5.30. The number of nitrogens with zero attached hydrogens (tertiary/aromatic N) is 4. The second kappa shape index (κ2) is 9.19. The lowest BCUT2D eigenvalue weighted by Crippen LogP contribution is -2.47. The van der Waals surface area contributed by atoms with Gasteiger partial charge >= 0.3 is 0 Å². The van der Waals surface area contributed by atoms with Gasteiger partial charge in [-0.15, -0.1) is 21.5 Å². The van der Waals surface area contributed by atoms with Crippen molar-refractivity contribution in [1.29, 1.82) is 0 Å². The van der Waals surface area contributed by atoms with Gasteiger partial charge < -0.3 is 9.32 Å². The lowest BCUT2D eigenvalue weighted by molar-refractivity contribution is 0.0574. The molecule has 1 amide bonds. The van der Waals surface area contributed by atoms with Crippen LogP contribution in [0.5, 0.6) is 0 Å². The number of piperidine rings is 1. The number of hydrogen-bond donors (Lipinski definition) is 0. The molecule has 1 saturated heterocycles. The van der Waals surface area contributed by atoms with Gasteiger partial charge in [-0.2, -0.15) is 0 Å². The first-order chi connectivity index (χ1) is 16.1. The van der Waals surface area contributed by atoms with Crippen molar-refractivity contribution >= 4 is 17.2 Å². The van der Waals surface area contributed by atoms with Gasteiger partial charge in [0.1, 0.15) is 17.3 Å². The highest BCUT2D eigenvalue weighted by molar-refractivity contribution is 7.13. The first-order valence-electron chi connectivity index (χ1n) is 10.6. The minimum Gasteiger partial charge on any atom is -0.427 e. The van der Waals surface area contributed by atoms with Crippen molar-refractivity contribution in [3.63, 3.8) is 0 Å². The number of aromatic nitrogens is 3. The number of likely N-dealkylation sites (tertiary alicyclic amines) is 1. The fraction of sp³-hybridized carbons (Fsp3) is 0.250. The molecule has 0 bridgehead atoms. The van der Waals surface area contributed by atoms with Crippen molar-refractivity contribution in [2.24, 2.45) is 0 Å². The highest BCUT2D eigenvalue weighted by Crippen LogP contribution is 2.37. The fourth-order valence-electron chi connectivity index (χ4n) is 4.44. The first-order valence-corrected chi connectivity index (χ1v) is 11.5. The van der Waals surface area contributed by atoms with Crippen molar-refractivity contribution in [3.8, 4) is 10.4 Å². The van der Waals surface area contributed by atoms with Gasteiger partial charge in [-0.3, -0.25) is 4.79 Å². The van der Waals surface area contributed by atoms with E-state index in [1.165, 1.54) is 42.0 Å². The smallest absolute Gasteiger partial charge is 0.274 e. The molecule has 9 heteroatoms. The minimum absolute atomic E-state index is 0.221. The highest BCUT2D eigenvalue weighted by atomic mass is 32.1. The van der Waals surface area contributed by atoms with E-state index >= 15 is 0 Å². The Bertz CT molecular complexity index is 1240. The molecule has 33 heavy (non-hydrogen) atoms.